The highest BCUT2D eigenvalue weighted by molar-refractivity contribution is 5.39. The molecule has 0 aromatic carbocycles. The zero-order chi connectivity index (χ0) is 12.1. The maximum atomic E-state index is 5.91. The third kappa shape index (κ3) is 2.94. The fraction of sp³-hybridized carbons (Fsp3) is 0.692. The van der Waals surface area contributed by atoms with Crippen LogP contribution in [0.4, 0.5) is 5.82 Å². The van der Waals surface area contributed by atoms with Crippen LogP contribution in [-0.2, 0) is 6.42 Å². The molecule has 94 valence electrons. The molecule has 0 saturated heterocycles. The molecule has 0 amide bonds. The number of rotatable bonds is 5. The van der Waals surface area contributed by atoms with Gasteiger partial charge in [0.15, 0.2) is 0 Å². The van der Waals surface area contributed by atoms with Gasteiger partial charge in [-0.3, -0.25) is 0 Å². The SMILES string of the molecule is CCCc1cc(NC2(CN)CCCC2)ncn1. The molecule has 4 heteroatoms. The Kier molecular flexibility index (Phi) is 3.94. The van der Waals surface area contributed by atoms with Crippen molar-refractivity contribution in [2.45, 2.75) is 51.0 Å². The second-order valence-corrected chi connectivity index (χ2v) is 4.96. The van der Waals surface area contributed by atoms with Gasteiger partial charge < -0.3 is 11.1 Å². The van der Waals surface area contributed by atoms with Crippen molar-refractivity contribution in [2.75, 3.05) is 11.9 Å². The molecule has 3 N–H and O–H groups in total. The number of aromatic nitrogens is 2. The van der Waals surface area contributed by atoms with Gasteiger partial charge in [-0.15, -0.1) is 0 Å². The highest BCUT2D eigenvalue weighted by atomic mass is 15.1. The fourth-order valence-corrected chi connectivity index (χ4v) is 2.56. The van der Waals surface area contributed by atoms with Crippen molar-refractivity contribution in [2.24, 2.45) is 5.73 Å². The first-order valence-electron chi connectivity index (χ1n) is 6.57. The van der Waals surface area contributed by atoms with E-state index < -0.39 is 0 Å². The van der Waals surface area contributed by atoms with E-state index in [1.807, 2.05) is 0 Å². The van der Waals surface area contributed by atoms with Gasteiger partial charge in [0.25, 0.3) is 0 Å². The van der Waals surface area contributed by atoms with Crippen molar-refractivity contribution in [3.8, 4) is 0 Å². The van der Waals surface area contributed by atoms with Gasteiger partial charge in [0.2, 0.25) is 0 Å². The van der Waals surface area contributed by atoms with Gasteiger partial charge in [0.1, 0.15) is 12.1 Å². The molecule has 1 aliphatic rings. The van der Waals surface area contributed by atoms with Crippen LogP contribution in [0.15, 0.2) is 12.4 Å². The molecule has 2 rings (SSSR count). The fourth-order valence-electron chi connectivity index (χ4n) is 2.56. The van der Waals surface area contributed by atoms with Crippen LogP contribution < -0.4 is 11.1 Å². The molecule has 1 heterocycles. The van der Waals surface area contributed by atoms with Crippen LogP contribution in [0.1, 0.15) is 44.7 Å². The molecule has 1 aromatic rings. The number of aryl methyl sites for hydroxylation is 1. The highest BCUT2D eigenvalue weighted by Crippen LogP contribution is 2.31. The lowest BCUT2D eigenvalue weighted by atomic mass is 9.98. The number of nitrogens with zero attached hydrogens (tertiary/aromatic N) is 2. The first-order chi connectivity index (χ1) is 8.28. The summed E-state index contributed by atoms with van der Waals surface area (Å²) in [6.07, 6.45) is 8.58. The summed E-state index contributed by atoms with van der Waals surface area (Å²) in [5.41, 5.74) is 7.08. The molecule has 1 aromatic heterocycles. The molecule has 1 saturated carbocycles. The molecular weight excluding hydrogens is 212 g/mol. The maximum Gasteiger partial charge on any atom is 0.130 e. The van der Waals surface area contributed by atoms with Crippen molar-refractivity contribution < 1.29 is 0 Å². The van der Waals surface area contributed by atoms with E-state index in [4.69, 9.17) is 5.73 Å². The molecule has 0 radical (unpaired) electrons. The minimum absolute atomic E-state index is 0.0673. The van der Waals surface area contributed by atoms with Gasteiger partial charge in [-0.1, -0.05) is 26.2 Å². The molecule has 0 aliphatic heterocycles. The molecule has 4 nitrogen and oxygen atoms in total. The van der Waals surface area contributed by atoms with E-state index in [0.717, 1.165) is 37.2 Å². The lowest BCUT2D eigenvalue weighted by Crippen LogP contribution is -2.43. The largest absolute Gasteiger partial charge is 0.363 e. The van der Waals surface area contributed by atoms with Crippen LogP contribution in [0.2, 0.25) is 0 Å². The molecule has 0 bridgehead atoms. The summed E-state index contributed by atoms with van der Waals surface area (Å²) < 4.78 is 0. The third-order valence-corrected chi connectivity index (χ3v) is 3.57. The lowest BCUT2D eigenvalue weighted by Gasteiger charge is -2.29. The third-order valence-electron chi connectivity index (χ3n) is 3.57. The predicted molar refractivity (Wildman–Crippen MR) is 69.9 cm³/mol. The van der Waals surface area contributed by atoms with Crippen LogP contribution in [0.25, 0.3) is 0 Å². The summed E-state index contributed by atoms with van der Waals surface area (Å²) in [6, 6.07) is 2.05. The Morgan fingerprint density at radius 2 is 2.12 bits per heavy atom. The quantitative estimate of drug-likeness (QED) is 0.819. The standard InChI is InChI=1S/C13H22N4/c1-2-5-11-8-12(16-10-15-11)17-13(9-14)6-3-4-7-13/h8,10H,2-7,9,14H2,1H3,(H,15,16,17). The second kappa shape index (κ2) is 5.45. The summed E-state index contributed by atoms with van der Waals surface area (Å²) in [5.74, 6) is 0.927. The van der Waals surface area contributed by atoms with E-state index in [1.54, 1.807) is 6.33 Å². The molecule has 1 fully saturated rings. The molecule has 0 atom stereocenters. The van der Waals surface area contributed by atoms with Crippen molar-refractivity contribution in [1.29, 1.82) is 0 Å². The number of nitrogens with two attached hydrogens (primary N) is 1. The Labute approximate surface area is 103 Å². The van der Waals surface area contributed by atoms with E-state index in [9.17, 15) is 0 Å². The van der Waals surface area contributed by atoms with Crippen LogP contribution in [0.5, 0.6) is 0 Å². The van der Waals surface area contributed by atoms with E-state index in [2.05, 4.69) is 28.3 Å². The zero-order valence-electron chi connectivity index (χ0n) is 10.6. The Hall–Kier alpha value is -1.16. The van der Waals surface area contributed by atoms with Crippen molar-refractivity contribution in [3.05, 3.63) is 18.1 Å². The number of nitrogens with one attached hydrogen (secondary N) is 1. The Balaban J connectivity index is 2.09. The van der Waals surface area contributed by atoms with Gasteiger partial charge >= 0.3 is 0 Å². The molecule has 1 aliphatic carbocycles. The summed E-state index contributed by atoms with van der Waals surface area (Å²) in [5, 5.41) is 3.53. The summed E-state index contributed by atoms with van der Waals surface area (Å²) in [7, 11) is 0. The van der Waals surface area contributed by atoms with Gasteiger partial charge in [-0.05, 0) is 19.3 Å². The molecule has 0 unspecified atom stereocenters. The minimum Gasteiger partial charge on any atom is -0.363 e. The van der Waals surface area contributed by atoms with Crippen LogP contribution in [-0.4, -0.2) is 22.1 Å². The lowest BCUT2D eigenvalue weighted by molar-refractivity contribution is 0.491. The van der Waals surface area contributed by atoms with Gasteiger partial charge in [0.05, 0.1) is 5.54 Å². The van der Waals surface area contributed by atoms with Crippen molar-refractivity contribution >= 4 is 5.82 Å². The van der Waals surface area contributed by atoms with E-state index in [0.29, 0.717) is 6.54 Å². The van der Waals surface area contributed by atoms with Gasteiger partial charge in [-0.2, -0.15) is 0 Å². The van der Waals surface area contributed by atoms with Crippen molar-refractivity contribution in [3.63, 3.8) is 0 Å². The first kappa shape index (κ1) is 12.3. The second-order valence-electron chi connectivity index (χ2n) is 4.96. The monoisotopic (exact) mass is 234 g/mol. The number of hydrogen-bond donors (Lipinski definition) is 2. The van der Waals surface area contributed by atoms with E-state index in [-0.39, 0.29) is 5.54 Å². The maximum absolute atomic E-state index is 5.91. The summed E-state index contributed by atoms with van der Waals surface area (Å²) in [6.45, 7) is 2.84. The van der Waals surface area contributed by atoms with Gasteiger partial charge in [0, 0.05) is 18.3 Å². The average Bonchev–Trinajstić information content (AvgIpc) is 2.79. The zero-order valence-corrected chi connectivity index (χ0v) is 10.6. The highest BCUT2D eigenvalue weighted by Gasteiger charge is 2.32. The van der Waals surface area contributed by atoms with E-state index in [1.165, 1.54) is 12.8 Å². The number of anilines is 1. The van der Waals surface area contributed by atoms with Crippen LogP contribution in [0, 0.1) is 0 Å². The minimum atomic E-state index is 0.0673. The smallest absolute Gasteiger partial charge is 0.130 e. The van der Waals surface area contributed by atoms with Crippen LogP contribution in [0.3, 0.4) is 0 Å². The van der Waals surface area contributed by atoms with E-state index >= 15 is 0 Å². The van der Waals surface area contributed by atoms with Crippen molar-refractivity contribution in [1.82, 2.24) is 9.97 Å². The normalized spacial score (nSPS) is 18.2. The Morgan fingerprint density at radius 3 is 2.76 bits per heavy atom. The summed E-state index contributed by atoms with van der Waals surface area (Å²) in [4.78, 5) is 8.57. The average molecular weight is 234 g/mol. The molecule has 17 heavy (non-hydrogen) atoms. The Morgan fingerprint density at radius 1 is 1.35 bits per heavy atom. The molecular formula is C13H22N4. The van der Waals surface area contributed by atoms with Gasteiger partial charge in [-0.25, -0.2) is 9.97 Å². The number of hydrogen-bond acceptors (Lipinski definition) is 4. The topological polar surface area (TPSA) is 63.8 Å². The Bertz CT molecular complexity index is 358. The van der Waals surface area contributed by atoms with Crippen LogP contribution >= 0.6 is 0 Å². The predicted octanol–water partition coefficient (Wildman–Crippen LogP) is 2.11. The summed E-state index contributed by atoms with van der Waals surface area (Å²) >= 11 is 0. The molecule has 0 spiro atoms. The first-order valence-corrected chi connectivity index (χ1v) is 6.57.